The van der Waals surface area contributed by atoms with E-state index in [-0.39, 0.29) is 24.1 Å². The average molecular weight is 503 g/mol. The van der Waals surface area contributed by atoms with Crippen molar-refractivity contribution < 1.29 is 23.8 Å². The number of aryl methyl sites for hydroxylation is 1. The van der Waals surface area contributed by atoms with Crippen molar-refractivity contribution in [1.29, 1.82) is 0 Å². The molecule has 2 unspecified atom stereocenters. The van der Waals surface area contributed by atoms with Gasteiger partial charge < -0.3 is 19.5 Å². The summed E-state index contributed by atoms with van der Waals surface area (Å²) in [4.78, 5) is 30.4. The number of benzene rings is 2. The number of rotatable bonds is 9. The number of aromatic nitrogens is 1. The van der Waals surface area contributed by atoms with Crippen LogP contribution >= 0.6 is 0 Å². The molecule has 1 N–H and O–H groups in total. The average Bonchev–Trinajstić information content (AvgIpc) is 3.72. The fourth-order valence-corrected chi connectivity index (χ4v) is 5.08. The molecule has 2 aliphatic rings. The summed E-state index contributed by atoms with van der Waals surface area (Å²) in [6.45, 7) is 4.50. The molecule has 3 aromatic rings. The number of pyridine rings is 1. The number of ether oxygens (including phenoxy) is 3. The zero-order chi connectivity index (χ0) is 25.8. The topological polar surface area (TPSA) is 86.8 Å². The largest absolute Gasteiger partial charge is 0.489 e. The Hall–Kier alpha value is -3.45. The molecule has 7 heteroatoms. The van der Waals surface area contributed by atoms with Crippen molar-refractivity contribution in [2.45, 2.75) is 70.8 Å². The van der Waals surface area contributed by atoms with Gasteiger partial charge in [0.15, 0.2) is 0 Å². The molecule has 1 amide bonds. The Kier molecular flexibility index (Phi) is 7.70. The van der Waals surface area contributed by atoms with Gasteiger partial charge in [-0.25, -0.2) is 0 Å². The maximum atomic E-state index is 13.2. The Morgan fingerprint density at radius 3 is 2.57 bits per heavy atom. The highest BCUT2D eigenvalue weighted by molar-refractivity contribution is 5.95. The Morgan fingerprint density at radius 1 is 1.03 bits per heavy atom. The third kappa shape index (κ3) is 6.10. The molecule has 194 valence electrons. The van der Waals surface area contributed by atoms with Crippen molar-refractivity contribution in [2.75, 3.05) is 6.61 Å². The van der Waals surface area contributed by atoms with Crippen LogP contribution in [0, 0.1) is 12.8 Å². The maximum absolute atomic E-state index is 13.2. The zero-order valence-corrected chi connectivity index (χ0v) is 21.4. The lowest BCUT2D eigenvalue weighted by molar-refractivity contribution is -0.153. The maximum Gasteiger partial charge on any atom is 0.311 e. The van der Waals surface area contributed by atoms with Gasteiger partial charge in [-0.15, -0.1) is 0 Å². The van der Waals surface area contributed by atoms with Gasteiger partial charge in [-0.2, -0.15) is 0 Å². The standard InChI is InChI=1S/C30H34N2O5/c1-3-35-30(34)25-8-6-10-27(37-23-15-16-23)28(25)32-29(33)20-11-13-22(14-12-20)36-18-21-17-19(2)31-26-9-5-4-7-24(21)26/h4-5,7,9,11-14,17,23,25,27-28H,3,6,8,10,15-16,18H2,1-2H3,(H,32,33)/t25?,27-,28?/m0/s1. The van der Waals surface area contributed by atoms with Crippen molar-refractivity contribution in [3.05, 3.63) is 71.4 Å². The minimum absolute atomic E-state index is 0.180. The number of carbonyl (C=O) groups excluding carboxylic acids is 2. The number of para-hydroxylation sites is 1. The fraction of sp³-hybridized carbons (Fsp3) is 0.433. The van der Waals surface area contributed by atoms with Crippen LogP contribution in [0.15, 0.2) is 54.6 Å². The van der Waals surface area contributed by atoms with Crippen molar-refractivity contribution >= 4 is 22.8 Å². The molecule has 0 aliphatic heterocycles. The summed E-state index contributed by atoms with van der Waals surface area (Å²) in [5, 5.41) is 4.16. The second-order valence-corrected chi connectivity index (χ2v) is 9.92. The third-order valence-electron chi connectivity index (χ3n) is 7.06. The predicted molar refractivity (Wildman–Crippen MR) is 140 cm³/mol. The molecule has 2 aliphatic carbocycles. The van der Waals surface area contributed by atoms with Crippen molar-refractivity contribution in [3.63, 3.8) is 0 Å². The molecule has 0 saturated heterocycles. The van der Waals surface area contributed by atoms with Gasteiger partial charge in [0.25, 0.3) is 5.91 Å². The van der Waals surface area contributed by atoms with E-state index in [1.807, 2.05) is 37.3 Å². The van der Waals surface area contributed by atoms with E-state index >= 15 is 0 Å². The lowest BCUT2D eigenvalue weighted by Crippen LogP contribution is -2.54. The van der Waals surface area contributed by atoms with E-state index in [0.29, 0.717) is 30.9 Å². The van der Waals surface area contributed by atoms with Gasteiger partial charge in [-0.3, -0.25) is 14.6 Å². The monoisotopic (exact) mass is 502 g/mol. The molecule has 7 nitrogen and oxygen atoms in total. The molecule has 0 radical (unpaired) electrons. The summed E-state index contributed by atoms with van der Waals surface area (Å²) >= 11 is 0. The smallest absolute Gasteiger partial charge is 0.311 e. The van der Waals surface area contributed by atoms with Crippen LogP contribution in [0.1, 0.15) is 60.6 Å². The van der Waals surface area contributed by atoms with E-state index < -0.39 is 12.0 Å². The van der Waals surface area contributed by atoms with E-state index in [9.17, 15) is 9.59 Å². The Balaban J connectivity index is 1.25. The molecule has 3 atom stereocenters. The van der Waals surface area contributed by atoms with Crippen molar-refractivity contribution in [2.24, 2.45) is 5.92 Å². The number of hydrogen-bond acceptors (Lipinski definition) is 6. The zero-order valence-electron chi connectivity index (χ0n) is 21.4. The first kappa shape index (κ1) is 25.2. The second-order valence-electron chi connectivity index (χ2n) is 9.92. The Labute approximate surface area is 217 Å². The number of nitrogens with zero attached hydrogens (tertiary/aromatic N) is 1. The summed E-state index contributed by atoms with van der Waals surface area (Å²) < 4.78 is 17.6. The summed E-state index contributed by atoms with van der Waals surface area (Å²) in [7, 11) is 0. The molecule has 5 rings (SSSR count). The molecular weight excluding hydrogens is 468 g/mol. The van der Waals surface area contributed by atoms with Crippen LogP contribution in [0.25, 0.3) is 10.9 Å². The molecular formula is C30H34N2O5. The summed E-state index contributed by atoms with van der Waals surface area (Å²) in [5.74, 6) is -0.220. The minimum Gasteiger partial charge on any atom is -0.489 e. The number of esters is 1. The van der Waals surface area contributed by atoms with Gasteiger partial charge in [0.05, 0.1) is 36.3 Å². The summed E-state index contributed by atoms with van der Waals surface area (Å²) in [5.41, 5.74) is 3.46. The molecule has 2 aromatic carbocycles. The van der Waals surface area contributed by atoms with Crippen molar-refractivity contribution in [3.8, 4) is 5.75 Å². The van der Waals surface area contributed by atoms with Crippen molar-refractivity contribution in [1.82, 2.24) is 10.3 Å². The molecule has 0 bridgehead atoms. The molecule has 1 heterocycles. The lowest BCUT2D eigenvalue weighted by atomic mass is 9.82. The number of amides is 1. The van der Waals surface area contributed by atoms with Gasteiger partial charge >= 0.3 is 5.97 Å². The molecule has 2 saturated carbocycles. The minimum atomic E-state index is -0.403. The van der Waals surface area contributed by atoms with E-state index in [0.717, 1.165) is 47.8 Å². The normalized spacial score (nSPS) is 21.4. The van der Waals surface area contributed by atoms with E-state index in [2.05, 4.69) is 10.3 Å². The number of nitrogens with one attached hydrogen (secondary N) is 1. The number of carbonyl (C=O) groups is 2. The summed E-state index contributed by atoms with van der Waals surface area (Å²) in [6.07, 6.45) is 4.53. The first-order valence-electron chi connectivity index (χ1n) is 13.2. The first-order chi connectivity index (χ1) is 18.0. The van der Waals surface area contributed by atoms with Gasteiger partial charge in [0.2, 0.25) is 0 Å². The van der Waals surface area contributed by atoms with E-state index in [1.54, 1.807) is 31.2 Å². The molecule has 0 spiro atoms. The Morgan fingerprint density at radius 2 is 1.81 bits per heavy atom. The predicted octanol–water partition coefficient (Wildman–Crippen LogP) is 5.13. The van der Waals surface area contributed by atoms with E-state index in [4.69, 9.17) is 14.2 Å². The highest BCUT2D eigenvalue weighted by atomic mass is 16.5. The lowest BCUT2D eigenvalue weighted by Gasteiger charge is -2.37. The van der Waals surface area contributed by atoms with Crippen LogP contribution in [-0.2, 0) is 20.9 Å². The van der Waals surface area contributed by atoms with E-state index in [1.165, 1.54) is 0 Å². The Bertz CT molecular complexity index is 1250. The quantitative estimate of drug-likeness (QED) is 0.408. The van der Waals surface area contributed by atoms with Crippen LogP contribution in [0.4, 0.5) is 0 Å². The van der Waals surface area contributed by atoms with Crippen LogP contribution in [0.5, 0.6) is 5.75 Å². The second kappa shape index (κ2) is 11.3. The number of fused-ring (bicyclic) bond motifs is 1. The van der Waals surface area contributed by atoms with Gasteiger partial charge in [-0.1, -0.05) is 18.2 Å². The third-order valence-corrected chi connectivity index (χ3v) is 7.06. The highest BCUT2D eigenvalue weighted by Crippen LogP contribution is 2.34. The van der Waals surface area contributed by atoms with Crippen LogP contribution < -0.4 is 10.1 Å². The van der Waals surface area contributed by atoms with Crippen LogP contribution in [0.2, 0.25) is 0 Å². The van der Waals surface area contributed by atoms with Crippen LogP contribution in [0.3, 0.4) is 0 Å². The van der Waals surface area contributed by atoms with Gasteiger partial charge in [-0.05, 0) is 82.3 Å². The molecule has 37 heavy (non-hydrogen) atoms. The highest BCUT2D eigenvalue weighted by Gasteiger charge is 2.42. The van der Waals surface area contributed by atoms with Gasteiger partial charge in [0, 0.05) is 22.2 Å². The SMILES string of the molecule is CCOC(=O)C1CCC[C@H](OC2CC2)C1NC(=O)c1ccc(OCc2cc(C)nc3ccccc23)cc1. The molecule has 1 aromatic heterocycles. The van der Waals surface area contributed by atoms with Crippen LogP contribution in [-0.4, -0.2) is 41.7 Å². The van der Waals surface area contributed by atoms with Gasteiger partial charge in [0.1, 0.15) is 12.4 Å². The first-order valence-corrected chi connectivity index (χ1v) is 13.2. The summed E-state index contributed by atoms with van der Waals surface area (Å²) in [6, 6.07) is 16.7. The molecule has 2 fully saturated rings. The fourth-order valence-electron chi connectivity index (χ4n) is 5.08. The number of hydrogen-bond donors (Lipinski definition) is 1.